The van der Waals surface area contributed by atoms with Crippen LogP contribution < -0.4 is 5.32 Å². The molecule has 0 aliphatic heterocycles. The van der Waals surface area contributed by atoms with Crippen molar-refractivity contribution in [3.8, 4) is 0 Å². The molecule has 0 aromatic heterocycles. The van der Waals surface area contributed by atoms with E-state index in [9.17, 15) is 0 Å². The summed E-state index contributed by atoms with van der Waals surface area (Å²) < 4.78 is 11.0. The van der Waals surface area contributed by atoms with Gasteiger partial charge in [0.05, 0.1) is 25.9 Å². The highest BCUT2D eigenvalue weighted by molar-refractivity contribution is 5.22. The molecule has 1 saturated carbocycles. The van der Waals surface area contributed by atoms with E-state index >= 15 is 0 Å². The molecule has 1 aromatic carbocycles. The van der Waals surface area contributed by atoms with Gasteiger partial charge in [-0.05, 0) is 50.8 Å². The fourth-order valence-corrected chi connectivity index (χ4v) is 2.04. The standard InChI is InChI=1S/C17H27NO2/c1-14(2)20-12-11-19-13-16-5-3-15(4-6-16)9-10-18-17-7-8-17/h3-6,14,17-18H,7-13H2,1-2H3. The van der Waals surface area contributed by atoms with Crippen molar-refractivity contribution in [2.45, 2.75) is 51.9 Å². The molecule has 0 amide bonds. The second kappa shape index (κ2) is 8.40. The second-order valence-corrected chi connectivity index (χ2v) is 5.77. The molecule has 0 unspecified atom stereocenters. The van der Waals surface area contributed by atoms with E-state index in [1.165, 1.54) is 24.0 Å². The Morgan fingerprint density at radius 1 is 1.10 bits per heavy atom. The summed E-state index contributed by atoms with van der Waals surface area (Å²) in [6.07, 6.45) is 4.11. The lowest BCUT2D eigenvalue weighted by Gasteiger charge is -2.09. The van der Waals surface area contributed by atoms with Crippen LogP contribution in [0.25, 0.3) is 0 Å². The van der Waals surface area contributed by atoms with Crippen molar-refractivity contribution in [1.29, 1.82) is 0 Å². The third-order valence-corrected chi connectivity index (χ3v) is 3.39. The van der Waals surface area contributed by atoms with Gasteiger partial charge in [-0.1, -0.05) is 24.3 Å². The molecule has 3 nitrogen and oxygen atoms in total. The first-order chi connectivity index (χ1) is 9.74. The molecule has 2 rings (SSSR count). The Bertz CT molecular complexity index is 371. The molecule has 1 aliphatic carbocycles. The molecule has 0 spiro atoms. The van der Waals surface area contributed by atoms with E-state index in [0.717, 1.165) is 19.0 Å². The lowest BCUT2D eigenvalue weighted by Crippen LogP contribution is -2.19. The lowest BCUT2D eigenvalue weighted by atomic mass is 10.1. The largest absolute Gasteiger partial charge is 0.376 e. The Morgan fingerprint density at radius 3 is 2.45 bits per heavy atom. The molecule has 0 heterocycles. The molecular weight excluding hydrogens is 250 g/mol. The number of hydrogen-bond acceptors (Lipinski definition) is 3. The van der Waals surface area contributed by atoms with Crippen LogP contribution in [0.1, 0.15) is 37.8 Å². The van der Waals surface area contributed by atoms with E-state index in [1.807, 2.05) is 13.8 Å². The molecule has 1 aromatic rings. The normalized spacial score (nSPS) is 14.9. The lowest BCUT2D eigenvalue weighted by molar-refractivity contribution is 0.0143. The Balaban J connectivity index is 1.58. The van der Waals surface area contributed by atoms with Gasteiger partial charge in [0.25, 0.3) is 0 Å². The molecule has 1 fully saturated rings. The van der Waals surface area contributed by atoms with Gasteiger partial charge < -0.3 is 14.8 Å². The zero-order valence-corrected chi connectivity index (χ0v) is 12.7. The zero-order chi connectivity index (χ0) is 14.2. The number of benzene rings is 1. The number of rotatable bonds is 10. The first-order valence-corrected chi connectivity index (χ1v) is 7.74. The molecule has 1 aliphatic rings. The summed E-state index contributed by atoms with van der Waals surface area (Å²) in [5.41, 5.74) is 2.62. The maximum Gasteiger partial charge on any atom is 0.0718 e. The van der Waals surface area contributed by atoms with Crippen LogP contribution in [-0.4, -0.2) is 31.9 Å². The Morgan fingerprint density at radius 2 is 1.80 bits per heavy atom. The fraction of sp³-hybridized carbons (Fsp3) is 0.647. The molecule has 112 valence electrons. The SMILES string of the molecule is CC(C)OCCOCc1ccc(CCNC2CC2)cc1. The Kier molecular flexibility index (Phi) is 6.51. The second-order valence-electron chi connectivity index (χ2n) is 5.77. The minimum Gasteiger partial charge on any atom is -0.376 e. The van der Waals surface area contributed by atoms with Crippen LogP contribution in [0, 0.1) is 0 Å². The van der Waals surface area contributed by atoms with Crippen LogP contribution in [0.5, 0.6) is 0 Å². The van der Waals surface area contributed by atoms with Gasteiger partial charge in [-0.15, -0.1) is 0 Å². The molecule has 0 radical (unpaired) electrons. The van der Waals surface area contributed by atoms with Crippen LogP contribution in [-0.2, 0) is 22.5 Å². The smallest absolute Gasteiger partial charge is 0.0718 e. The van der Waals surface area contributed by atoms with Gasteiger partial charge in [-0.25, -0.2) is 0 Å². The minimum absolute atomic E-state index is 0.280. The van der Waals surface area contributed by atoms with E-state index in [0.29, 0.717) is 19.8 Å². The van der Waals surface area contributed by atoms with Gasteiger partial charge >= 0.3 is 0 Å². The van der Waals surface area contributed by atoms with Crippen molar-refractivity contribution >= 4 is 0 Å². The molecule has 3 heteroatoms. The first kappa shape index (κ1) is 15.5. The fourth-order valence-electron chi connectivity index (χ4n) is 2.04. The zero-order valence-electron chi connectivity index (χ0n) is 12.7. The molecule has 1 N–H and O–H groups in total. The molecule has 20 heavy (non-hydrogen) atoms. The predicted molar refractivity (Wildman–Crippen MR) is 81.9 cm³/mol. The summed E-state index contributed by atoms with van der Waals surface area (Å²) in [4.78, 5) is 0. The molecule has 0 bridgehead atoms. The van der Waals surface area contributed by atoms with Crippen LogP contribution in [0.3, 0.4) is 0 Å². The van der Waals surface area contributed by atoms with Gasteiger partial charge in [-0.3, -0.25) is 0 Å². The quantitative estimate of drug-likeness (QED) is 0.667. The summed E-state index contributed by atoms with van der Waals surface area (Å²) >= 11 is 0. The van der Waals surface area contributed by atoms with E-state index in [1.54, 1.807) is 0 Å². The average Bonchev–Trinajstić information content (AvgIpc) is 3.24. The van der Waals surface area contributed by atoms with Gasteiger partial charge in [0.2, 0.25) is 0 Å². The molecule has 0 saturated heterocycles. The van der Waals surface area contributed by atoms with Gasteiger partial charge in [-0.2, -0.15) is 0 Å². The average molecular weight is 277 g/mol. The van der Waals surface area contributed by atoms with Gasteiger partial charge in [0.1, 0.15) is 0 Å². The van der Waals surface area contributed by atoms with Gasteiger partial charge in [0.15, 0.2) is 0 Å². The van der Waals surface area contributed by atoms with Crippen molar-refractivity contribution in [3.63, 3.8) is 0 Å². The van der Waals surface area contributed by atoms with Gasteiger partial charge in [0, 0.05) is 6.04 Å². The number of ether oxygens (including phenoxy) is 2. The van der Waals surface area contributed by atoms with Crippen LogP contribution in [0.15, 0.2) is 24.3 Å². The summed E-state index contributed by atoms with van der Waals surface area (Å²) in [7, 11) is 0. The topological polar surface area (TPSA) is 30.5 Å². The maximum atomic E-state index is 5.59. The molecular formula is C17H27NO2. The summed E-state index contributed by atoms with van der Waals surface area (Å²) in [6, 6.07) is 9.54. The van der Waals surface area contributed by atoms with E-state index in [-0.39, 0.29) is 6.10 Å². The van der Waals surface area contributed by atoms with Crippen LogP contribution in [0.2, 0.25) is 0 Å². The minimum atomic E-state index is 0.280. The number of hydrogen-bond donors (Lipinski definition) is 1. The first-order valence-electron chi connectivity index (χ1n) is 7.74. The highest BCUT2D eigenvalue weighted by Crippen LogP contribution is 2.18. The van der Waals surface area contributed by atoms with Crippen LogP contribution in [0.4, 0.5) is 0 Å². The summed E-state index contributed by atoms with van der Waals surface area (Å²) in [5, 5.41) is 3.54. The van der Waals surface area contributed by atoms with Crippen molar-refractivity contribution in [2.24, 2.45) is 0 Å². The van der Waals surface area contributed by atoms with E-state index in [2.05, 4.69) is 29.6 Å². The maximum absolute atomic E-state index is 5.59. The third-order valence-electron chi connectivity index (χ3n) is 3.39. The summed E-state index contributed by atoms with van der Waals surface area (Å²) in [6.45, 7) is 7.16. The van der Waals surface area contributed by atoms with Crippen molar-refractivity contribution in [2.75, 3.05) is 19.8 Å². The van der Waals surface area contributed by atoms with Crippen molar-refractivity contribution in [3.05, 3.63) is 35.4 Å². The highest BCUT2D eigenvalue weighted by atomic mass is 16.5. The predicted octanol–water partition coefficient (Wildman–Crippen LogP) is 2.92. The Hall–Kier alpha value is -0.900. The summed E-state index contributed by atoms with van der Waals surface area (Å²) in [5.74, 6) is 0. The van der Waals surface area contributed by atoms with Crippen molar-refractivity contribution in [1.82, 2.24) is 5.32 Å². The van der Waals surface area contributed by atoms with E-state index < -0.39 is 0 Å². The van der Waals surface area contributed by atoms with Crippen LogP contribution >= 0.6 is 0 Å². The van der Waals surface area contributed by atoms with Crippen molar-refractivity contribution < 1.29 is 9.47 Å². The highest BCUT2D eigenvalue weighted by Gasteiger charge is 2.19. The monoisotopic (exact) mass is 277 g/mol. The number of nitrogens with one attached hydrogen (secondary N) is 1. The molecule has 0 atom stereocenters. The van der Waals surface area contributed by atoms with E-state index in [4.69, 9.17) is 9.47 Å². The third kappa shape index (κ3) is 6.51. The Labute approximate surface area is 122 Å².